The van der Waals surface area contributed by atoms with E-state index >= 15 is 0 Å². The van der Waals surface area contributed by atoms with Crippen molar-refractivity contribution in [1.82, 2.24) is 0 Å². The molecule has 0 fully saturated rings. The van der Waals surface area contributed by atoms with Crippen LogP contribution in [0, 0.1) is 0 Å². The highest BCUT2D eigenvalue weighted by atomic mass is 16.3. The van der Waals surface area contributed by atoms with Gasteiger partial charge in [0.25, 0.3) is 0 Å². The zero-order valence-corrected chi connectivity index (χ0v) is 10.5. The van der Waals surface area contributed by atoms with Crippen molar-refractivity contribution in [1.29, 1.82) is 0 Å². The third-order valence-electron chi connectivity index (χ3n) is 2.52. The van der Waals surface area contributed by atoms with E-state index in [-0.39, 0.29) is 24.4 Å². The Labute approximate surface area is 97.5 Å². The molecule has 0 amide bonds. The molecule has 0 radical (unpaired) electrons. The second-order valence-electron chi connectivity index (χ2n) is 3.83. The van der Waals surface area contributed by atoms with Crippen molar-refractivity contribution in [2.45, 2.75) is 59.0 Å². The molecule has 0 aromatic rings. The summed E-state index contributed by atoms with van der Waals surface area (Å²) in [7, 11) is 0. The Hall–Kier alpha value is -0.960. The number of Topliss-reactive ketones (excluding diaryl/α,β-unsaturated/α-hetero) is 2. The first-order valence-corrected chi connectivity index (χ1v) is 5.99. The van der Waals surface area contributed by atoms with Crippen molar-refractivity contribution in [2.75, 3.05) is 0 Å². The number of unbranched alkanes of at least 4 members (excludes halogenated alkanes) is 1. The maximum atomic E-state index is 11.7. The summed E-state index contributed by atoms with van der Waals surface area (Å²) in [5.74, 6) is -0.371. The molecular weight excluding hydrogens is 204 g/mol. The van der Waals surface area contributed by atoms with E-state index < -0.39 is 6.10 Å². The lowest BCUT2D eigenvalue weighted by Gasteiger charge is -2.08. The van der Waals surface area contributed by atoms with Crippen LogP contribution in [-0.4, -0.2) is 22.8 Å². The molecule has 92 valence electrons. The lowest BCUT2D eigenvalue weighted by molar-refractivity contribution is -0.130. The summed E-state index contributed by atoms with van der Waals surface area (Å²) in [6.07, 6.45) is 3.50. The van der Waals surface area contributed by atoms with Crippen LogP contribution >= 0.6 is 0 Å². The van der Waals surface area contributed by atoms with Gasteiger partial charge < -0.3 is 5.11 Å². The SMILES string of the molecule is CCCC=C(CC)C(=O)CC(O)C(=O)CC. The minimum Gasteiger partial charge on any atom is -0.385 e. The fourth-order valence-corrected chi connectivity index (χ4v) is 1.43. The van der Waals surface area contributed by atoms with E-state index in [9.17, 15) is 14.7 Å². The Kier molecular flexibility index (Phi) is 7.73. The minimum absolute atomic E-state index is 0.0734. The monoisotopic (exact) mass is 226 g/mol. The first-order chi connectivity index (χ1) is 7.56. The number of aliphatic hydroxyl groups excluding tert-OH is 1. The van der Waals surface area contributed by atoms with Crippen LogP contribution in [0.5, 0.6) is 0 Å². The van der Waals surface area contributed by atoms with Crippen molar-refractivity contribution in [2.24, 2.45) is 0 Å². The molecule has 1 N–H and O–H groups in total. The van der Waals surface area contributed by atoms with Gasteiger partial charge in [-0.25, -0.2) is 0 Å². The predicted molar refractivity (Wildman–Crippen MR) is 64.2 cm³/mol. The average molecular weight is 226 g/mol. The lowest BCUT2D eigenvalue weighted by Crippen LogP contribution is -2.23. The molecule has 0 saturated heterocycles. The predicted octanol–water partition coefficient (Wildman–Crippen LogP) is 2.42. The summed E-state index contributed by atoms with van der Waals surface area (Å²) in [4.78, 5) is 22.9. The van der Waals surface area contributed by atoms with Crippen LogP contribution in [0.4, 0.5) is 0 Å². The van der Waals surface area contributed by atoms with E-state index in [4.69, 9.17) is 0 Å². The summed E-state index contributed by atoms with van der Waals surface area (Å²) in [5.41, 5.74) is 0.727. The normalized spacial score (nSPS) is 13.6. The lowest BCUT2D eigenvalue weighted by atomic mass is 9.99. The molecule has 0 saturated carbocycles. The Bertz CT molecular complexity index is 266. The Morgan fingerprint density at radius 2 is 1.81 bits per heavy atom. The molecule has 16 heavy (non-hydrogen) atoms. The number of ketones is 2. The van der Waals surface area contributed by atoms with E-state index in [1.807, 2.05) is 19.9 Å². The highest BCUT2D eigenvalue weighted by Crippen LogP contribution is 2.10. The van der Waals surface area contributed by atoms with Crippen LogP contribution in [0.2, 0.25) is 0 Å². The molecular formula is C13H22O3. The van der Waals surface area contributed by atoms with E-state index in [1.165, 1.54) is 0 Å². The summed E-state index contributed by atoms with van der Waals surface area (Å²) in [6.45, 7) is 5.64. The Morgan fingerprint density at radius 1 is 1.19 bits per heavy atom. The number of allylic oxidation sites excluding steroid dienone is 2. The van der Waals surface area contributed by atoms with Crippen LogP contribution in [0.25, 0.3) is 0 Å². The van der Waals surface area contributed by atoms with E-state index in [0.717, 1.165) is 18.4 Å². The maximum Gasteiger partial charge on any atom is 0.161 e. The number of aliphatic hydroxyl groups is 1. The molecule has 0 aromatic heterocycles. The fourth-order valence-electron chi connectivity index (χ4n) is 1.43. The maximum absolute atomic E-state index is 11.7. The van der Waals surface area contributed by atoms with Gasteiger partial charge in [-0.1, -0.05) is 33.3 Å². The van der Waals surface area contributed by atoms with Gasteiger partial charge in [-0.2, -0.15) is 0 Å². The van der Waals surface area contributed by atoms with Crippen LogP contribution in [0.1, 0.15) is 52.9 Å². The topological polar surface area (TPSA) is 54.4 Å². The Balaban J connectivity index is 4.37. The van der Waals surface area contributed by atoms with Gasteiger partial charge in [0.1, 0.15) is 6.10 Å². The highest BCUT2D eigenvalue weighted by molar-refractivity contribution is 5.98. The molecule has 3 heteroatoms. The minimum atomic E-state index is -1.13. The van der Waals surface area contributed by atoms with Crippen molar-refractivity contribution in [3.63, 3.8) is 0 Å². The number of carbonyl (C=O) groups is 2. The third-order valence-corrected chi connectivity index (χ3v) is 2.52. The second-order valence-corrected chi connectivity index (χ2v) is 3.83. The largest absolute Gasteiger partial charge is 0.385 e. The van der Waals surface area contributed by atoms with Crippen molar-refractivity contribution < 1.29 is 14.7 Å². The summed E-state index contributed by atoms with van der Waals surface area (Å²) in [6, 6.07) is 0. The van der Waals surface area contributed by atoms with Crippen LogP contribution in [0.3, 0.4) is 0 Å². The molecule has 0 rings (SSSR count). The number of rotatable bonds is 8. The molecule has 0 aliphatic heterocycles. The van der Waals surface area contributed by atoms with E-state index in [2.05, 4.69) is 0 Å². The van der Waals surface area contributed by atoms with Gasteiger partial charge in [0, 0.05) is 12.8 Å². The quantitative estimate of drug-likeness (QED) is 0.647. The first-order valence-electron chi connectivity index (χ1n) is 5.99. The average Bonchev–Trinajstić information content (AvgIpc) is 2.28. The fraction of sp³-hybridized carbons (Fsp3) is 0.692. The summed E-state index contributed by atoms with van der Waals surface area (Å²) in [5, 5.41) is 9.46. The molecule has 0 aliphatic carbocycles. The van der Waals surface area contributed by atoms with Gasteiger partial charge >= 0.3 is 0 Å². The molecule has 0 bridgehead atoms. The molecule has 3 nitrogen and oxygen atoms in total. The summed E-state index contributed by atoms with van der Waals surface area (Å²) < 4.78 is 0. The van der Waals surface area contributed by atoms with Crippen LogP contribution in [0.15, 0.2) is 11.6 Å². The molecule has 0 spiro atoms. The molecule has 1 unspecified atom stereocenters. The highest BCUT2D eigenvalue weighted by Gasteiger charge is 2.18. The van der Waals surface area contributed by atoms with Gasteiger partial charge in [0.2, 0.25) is 0 Å². The van der Waals surface area contributed by atoms with Crippen molar-refractivity contribution in [3.8, 4) is 0 Å². The smallest absolute Gasteiger partial charge is 0.161 e. The molecule has 0 aliphatic rings. The molecule has 0 heterocycles. The standard InChI is InChI=1S/C13H22O3/c1-4-7-8-10(5-2)12(15)9-13(16)11(14)6-3/h8,13,16H,4-7,9H2,1-3H3. The van der Waals surface area contributed by atoms with Crippen LogP contribution < -0.4 is 0 Å². The van der Waals surface area contributed by atoms with Crippen LogP contribution in [-0.2, 0) is 9.59 Å². The number of hydrogen-bond acceptors (Lipinski definition) is 3. The van der Waals surface area contributed by atoms with Crippen molar-refractivity contribution >= 4 is 11.6 Å². The first kappa shape index (κ1) is 15.0. The van der Waals surface area contributed by atoms with Gasteiger partial charge in [-0.05, 0) is 18.4 Å². The zero-order chi connectivity index (χ0) is 12.6. The summed E-state index contributed by atoms with van der Waals surface area (Å²) >= 11 is 0. The Morgan fingerprint density at radius 3 is 2.25 bits per heavy atom. The van der Waals surface area contributed by atoms with E-state index in [1.54, 1.807) is 6.92 Å². The van der Waals surface area contributed by atoms with Crippen molar-refractivity contribution in [3.05, 3.63) is 11.6 Å². The number of carbonyl (C=O) groups excluding carboxylic acids is 2. The van der Waals surface area contributed by atoms with Gasteiger partial charge in [0.15, 0.2) is 11.6 Å². The van der Waals surface area contributed by atoms with Gasteiger partial charge in [0.05, 0.1) is 0 Å². The van der Waals surface area contributed by atoms with E-state index in [0.29, 0.717) is 6.42 Å². The third kappa shape index (κ3) is 5.21. The number of hydrogen-bond donors (Lipinski definition) is 1. The molecule has 1 atom stereocenters. The molecule has 0 aromatic carbocycles. The van der Waals surface area contributed by atoms with Gasteiger partial charge in [-0.15, -0.1) is 0 Å². The zero-order valence-electron chi connectivity index (χ0n) is 10.5. The second kappa shape index (κ2) is 8.22. The van der Waals surface area contributed by atoms with Gasteiger partial charge in [-0.3, -0.25) is 9.59 Å².